The van der Waals surface area contributed by atoms with Gasteiger partial charge in [-0.25, -0.2) is 0 Å². The molecule has 5 atom stereocenters. The molecule has 1 aromatic rings. The van der Waals surface area contributed by atoms with E-state index in [0.717, 1.165) is 5.56 Å². The molecule has 0 bridgehead atoms. The van der Waals surface area contributed by atoms with Crippen LogP contribution in [-0.4, -0.2) is 57.7 Å². The van der Waals surface area contributed by atoms with Crippen molar-refractivity contribution in [1.29, 1.82) is 0 Å². The van der Waals surface area contributed by atoms with Crippen molar-refractivity contribution in [3.8, 4) is 0 Å². The number of rotatable bonds is 4. The molecule has 106 valence electrons. The van der Waals surface area contributed by atoms with E-state index in [1.165, 1.54) is 0 Å². The van der Waals surface area contributed by atoms with E-state index in [1.54, 1.807) is 0 Å². The predicted octanol–water partition coefficient (Wildman–Crippen LogP) is -1.42. The molecule has 1 aliphatic rings. The molecular weight excluding hydrogens is 250 g/mol. The molecule has 1 aromatic carbocycles. The topological polar surface area (TPSA) is 102 Å². The van der Waals surface area contributed by atoms with Crippen LogP contribution in [-0.2, 0) is 11.3 Å². The summed E-state index contributed by atoms with van der Waals surface area (Å²) in [5.74, 6) is 0. The van der Waals surface area contributed by atoms with Gasteiger partial charge in [-0.2, -0.15) is 0 Å². The summed E-state index contributed by atoms with van der Waals surface area (Å²) in [6, 6.07) is 9.51. The van der Waals surface area contributed by atoms with Gasteiger partial charge in [-0.05, 0) is 5.56 Å². The van der Waals surface area contributed by atoms with E-state index in [2.05, 4.69) is 5.32 Å². The molecule has 5 N–H and O–H groups in total. The monoisotopic (exact) mass is 269 g/mol. The van der Waals surface area contributed by atoms with E-state index in [-0.39, 0.29) is 0 Å². The van der Waals surface area contributed by atoms with Gasteiger partial charge in [0.15, 0.2) is 0 Å². The van der Waals surface area contributed by atoms with Crippen molar-refractivity contribution in [1.82, 2.24) is 5.32 Å². The van der Waals surface area contributed by atoms with E-state index in [0.29, 0.717) is 6.54 Å². The molecule has 1 saturated heterocycles. The van der Waals surface area contributed by atoms with Gasteiger partial charge in [-0.15, -0.1) is 0 Å². The minimum absolute atomic E-state index is 0.422. The molecule has 1 fully saturated rings. The molecule has 6 heteroatoms. The van der Waals surface area contributed by atoms with Crippen LogP contribution in [0.3, 0.4) is 0 Å². The van der Waals surface area contributed by atoms with Gasteiger partial charge in [0.25, 0.3) is 0 Å². The van der Waals surface area contributed by atoms with Crippen LogP contribution in [0.1, 0.15) is 5.56 Å². The van der Waals surface area contributed by atoms with Gasteiger partial charge in [0, 0.05) is 6.54 Å². The SMILES string of the molecule is OC[C@H]1O[C@@H](NCc2ccccc2)[C@@H](O)[C@@H](O)[C@@H]1O. The van der Waals surface area contributed by atoms with E-state index in [9.17, 15) is 15.3 Å². The zero-order valence-electron chi connectivity index (χ0n) is 10.4. The van der Waals surface area contributed by atoms with Gasteiger partial charge < -0.3 is 25.2 Å². The Bertz CT molecular complexity index is 386. The van der Waals surface area contributed by atoms with Crippen LogP contribution in [0.2, 0.25) is 0 Å². The first-order chi connectivity index (χ1) is 9.13. The normalized spacial score (nSPS) is 35.3. The third kappa shape index (κ3) is 3.30. The quantitative estimate of drug-likeness (QED) is 0.459. The number of nitrogens with one attached hydrogen (secondary N) is 1. The number of hydrogen-bond donors (Lipinski definition) is 5. The average Bonchev–Trinajstić information content (AvgIpc) is 2.45. The van der Waals surface area contributed by atoms with Crippen molar-refractivity contribution in [2.75, 3.05) is 6.61 Å². The molecule has 0 radical (unpaired) electrons. The second-order valence-corrected chi connectivity index (χ2v) is 4.62. The standard InChI is InChI=1S/C13H19NO5/c15-7-9-10(16)11(17)12(18)13(19-9)14-6-8-4-2-1-3-5-8/h1-5,9-18H,6-7H2/t9-,10-,11+,12+,13-/m1/s1. The molecule has 0 saturated carbocycles. The van der Waals surface area contributed by atoms with Crippen LogP contribution >= 0.6 is 0 Å². The fraction of sp³-hybridized carbons (Fsp3) is 0.538. The summed E-state index contributed by atoms with van der Waals surface area (Å²) in [5.41, 5.74) is 1.000. The Kier molecular flexibility index (Phi) is 4.87. The molecule has 19 heavy (non-hydrogen) atoms. The molecule has 0 aromatic heterocycles. The second kappa shape index (κ2) is 6.42. The van der Waals surface area contributed by atoms with Gasteiger partial charge in [0.05, 0.1) is 6.61 Å². The van der Waals surface area contributed by atoms with Gasteiger partial charge in [-0.3, -0.25) is 5.32 Å². The van der Waals surface area contributed by atoms with Crippen LogP contribution < -0.4 is 5.32 Å². The number of hydrogen-bond acceptors (Lipinski definition) is 6. The van der Waals surface area contributed by atoms with Gasteiger partial charge in [-0.1, -0.05) is 30.3 Å². The zero-order chi connectivity index (χ0) is 13.8. The van der Waals surface area contributed by atoms with Crippen molar-refractivity contribution in [2.45, 2.75) is 37.2 Å². The maximum absolute atomic E-state index is 9.82. The third-order valence-electron chi connectivity index (χ3n) is 3.24. The second-order valence-electron chi connectivity index (χ2n) is 4.62. The first-order valence-corrected chi connectivity index (χ1v) is 6.21. The van der Waals surface area contributed by atoms with Crippen LogP contribution in [0.5, 0.6) is 0 Å². The first-order valence-electron chi connectivity index (χ1n) is 6.21. The maximum atomic E-state index is 9.82. The van der Waals surface area contributed by atoms with Crippen LogP contribution in [0.4, 0.5) is 0 Å². The van der Waals surface area contributed by atoms with Crippen molar-refractivity contribution >= 4 is 0 Å². The molecular formula is C13H19NO5. The molecule has 1 aliphatic heterocycles. The number of ether oxygens (including phenoxy) is 1. The summed E-state index contributed by atoms with van der Waals surface area (Å²) in [6.07, 6.45) is -5.64. The highest BCUT2D eigenvalue weighted by Crippen LogP contribution is 2.19. The predicted molar refractivity (Wildman–Crippen MR) is 67.0 cm³/mol. The fourth-order valence-corrected chi connectivity index (χ4v) is 2.08. The zero-order valence-corrected chi connectivity index (χ0v) is 10.4. The van der Waals surface area contributed by atoms with E-state index in [1.807, 2.05) is 30.3 Å². The fourth-order valence-electron chi connectivity index (χ4n) is 2.08. The highest BCUT2D eigenvalue weighted by Gasteiger charge is 2.43. The minimum atomic E-state index is -1.35. The molecule has 1 heterocycles. The molecule has 0 aliphatic carbocycles. The lowest BCUT2D eigenvalue weighted by atomic mass is 9.98. The maximum Gasteiger partial charge on any atom is 0.137 e. The van der Waals surface area contributed by atoms with E-state index in [4.69, 9.17) is 9.84 Å². The highest BCUT2D eigenvalue weighted by molar-refractivity contribution is 5.14. The molecule has 6 nitrogen and oxygen atoms in total. The summed E-state index contributed by atoms with van der Waals surface area (Å²) < 4.78 is 5.33. The van der Waals surface area contributed by atoms with E-state index >= 15 is 0 Å². The van der Waals surface area contributed by atoms with Crippen molar-refractivity contribution in [2.24, 2.45) is 0 Å². The smallest absolute Gasteiger partial charge is 0.137 e. The van der Waals surface area contributed by atoms with E-state index < -0.39 is 37.3 Å². The van der Waals surface area contributed by atoms with Crippen molar-refractivity contribution in [3.05, 3.63) is 35.9 Å². The van der Waals surface area contributed by atoms with Gasteiger partial charge >= 0.3 is 0 Å². The van der Waals surface area contributed by atoms with Crippen molar-refractivity contribution in [3.63, 3.8) is 0 Å². The molecule has 0 spiro atoms. The Hall–Kier alpha value is -1.02. The first kappa shape index (κ1) is 14.4. The largest absolute Gasteiger partial charge is 0.394 e. The van der Waals surface area contributed by atoms with Crippen LogP contribution in [0, 0.1) is 0 Å². The molecule has 0 amide bonds. The summed E-state index contributed by atoms with van der Waals surface area (Å²) >= 11 is 0. The average molecular weight is 269 g/mol. The lowest BCUT2D eigenvalue weighted by Crippen LogP contribution is -2.62. The van der Waals surface area contributed by atoms with Crippen molar-refractivity contribution < 1.29 is 25.2 Å². The highest BCUT2D eigenvalue weighted by atomic mass is 16.6. The van der Waals surface area contributed by atoms with Gasteiger partial charge in [0.1, 0.15) is 30.6 Å². The third-order valence-corrected chi connectivity index (χ3v) is 3.24. The Labute approximate surface area is 111 Å². The lowest BCUT2D eigenvalue weighted by molar-refractivity contribution is -0.236. The summed E-state index contributed by atoms with van der Waals surface area (Å²) in [6.45, 7) is 0.0258. The molecule has 2 rings (SSSR count). The summed E-state index contributed by atoms with van der Waals surface area (Å²) in [4.78, 5) is 0. The lowest BCUT2D eigenvalue weighted by Gasteiger charge is -2.40. The van der Waals surface area contributed by atoms with Crippen LogP contribution in [0.15, 0.2) is 30.3 Å². The Morgan fingerprint density at radius 1 is 1.00 bits per heavy atom. The number of aliphatic hydroxyl groups is 4. The van der Waals surface area contributed by atoms with Crippen LogP contribution in [0.25, 0.3) is 0 Å². The summed E-state index contributed by atoms with van der Waals surface area (Å²) in [5, 5.41) is 41.1. The Morgan fingerprint density at radius 3 is 2.32 bits per heavy atom. The number of aliphatic hydroxyl groups excluding tert-OH is 4. The number of benzene rings is 1. The molecule has 0 unspecified atom stereocenters. The summed E-state index contributed by atoms with van der Waals surface area (Å²) in [7, 11) is 0. The Balaban J connectivity index is 1.95. The Morgan fingerprint density at radius 2 is 1.68 bits per heavy atom. The van der Waals surface area contributed by atoms with Gasteiger partial charge in [0.2, 0.25) is 0 Å². The minimum Gasteiger partial charge on any atom is -0.394 e.